The zero-order valence-electron chi connectivity index (χ0n) is 12.2. The van der Waals surface area contributed by atoms with E-state index in [1.807, 2.05) is 0 Å². The van der Waals surface area contributed by atoms with Crippen LogP contribution in [-0.4, -0.2) is 26.4 Å². The minimum absolute atomic E-state index is 0.403. The monoisotopic (exact) mass is 263 g/mol. The number of hydrogen-bond donors (Lipinski definition) is 1. The molecule has 0 saturated carbocycles. The molecular formula is C16H25NO2. The molecule has 1 N–H and O–H groups in total. The van der Waals surface area contributed by atoms with Gasteiger partial charge in [0.25, 0.3) is 0 Å². The van der Waals surface area contributed by atoms with Gasteiger partial charge in [0.1, 0.15) is 5.75 Å². The Morgan fingerprint density at radius 2 is 2.26 bits per heavy atom. The van der Waals surface area contributed by atoms with Gasteiger partial charge in [-0.15, -0.1) is 0 Å². The van der Waals surface area contributed by atoms with E-state index in [1.54, 1.807) is 7.11 Å². The second-order valence-electron chi connectivity index (χ2n) is 5.48. The molecule has 0 fully saturated rings. The van der Waals surface area contributed by atoms with Crippen LogP contribution in [0.3, 0.4) is 0 Å². The standard InChI is InChI=1S/C16H25NO2/c1-12(2)17-15-5-4-9-19-16-7-6-13(8-10-18-3)11-14(15)16/h6-7,11-12,15,17H,4-5,8-10H2,1-3H3. The minimum atomic E-state index is 0.403. The van der Waals surface area contributed by atoms with Crippen LogP contribution in [-0.2, 0) is 11.2 Å². The molecule has 0 radical (unpaired) electrons. The second-order valence-corrected chi connectivity index (χ2v) is 5.48. The van der Waals surface area contributed by atoms with Crippen LogP contribution in [0.25, 0.3) is 0 Å². The highest BCUT2D eigenvalue weighted by atomic mass is 16.5. The van der Waals surface area contributed by atoms with E-state index < -0.39 is 0 Å². The van der Waals surface area contributed by atoms with Gasteiger partial charge in [0.15, 0.2) is 0 Å². The van der Waals surface area contributed by atoms with E-state index in [4.69, 9.17) is 9.47 Å². The van der Waals surface area contributed by atoms with Gasteiger partial charge in [-0.3, -0.25) is 0 Å². The van der Waals surface area contributed by atoms with Crippen LogP contribution in [0, 0.1) is 0 Å². The van der Waals surface area contributed by atoms with Gasteiger partial charge in [0.2, 0.25) is 0 Å². The Kier molecular flexibility index (Phi) is 5.23. The molecule has 0 saturated heterocycles. The van der Waals surface area contributed by atoms with Crippen molar-refractivity contribution in [3.63, 3.8) is 0 Å². The molecular weight excluding hydrogens is 238 g/mol. The number of fused-ring (bicyclic) bond motifs is 1. The lowest BCUT2D eigenvalue weighted by Gasteiger charge is -2.21. The summed E-state index contributed by atoms with van der Waals surface area (Å²) in [6.45, 7) is 5.98. The topological polar surface area (TPSA) is 30.5 Å². The number of ether oxygens (including phenoxy) is 2. The van der Waals surface area contributed by atoms with E-state index in [2.05, 4.69) is 37.4 Å². The molecule has 3 nitrogen and oxygen atoms in total. The van der Waals surface area contributed by atoms with Crippen LogP contribution in [0.5, 0.6) is 5.75 Å². The van der Waals surface area contributed by atoms with Gasteiger partial charge in [-0.05, 0) is 30.9 Å². The lowest BCUT2D eigenvalue weighted by atomic mass is 9.98. The molecule has 1 unspecified atom stereocenters. The van der Waals surface area contributed by atoms with Crippen LogP contribution in [0.15, 0.2) is 18.2 Å². The maximum Gasteiger partial charge on any atom is 0.124 e. The summed E-state index contributed by atoms with van der Waals surface area (Å²) in [5.41, 5.74) is 2.63. The Hall–Kier alpha value is -1.06. The van der Waals surface area contributed by atoms with Crippen molar-refractivity contribution in [1.29, 1.82) is 0 Å². The number of nitrogens with one attached hydrogen (secondary N) is 1. The second kappa shape index (κ2) is 6.92. The van der Waals surface area contributed by atoms with Crippen molar-refractivity contribution in [3.8, 4) is 5.75 Å². The maximum atomic E-state index is 5.85. The first-order valence-electron chi connectivity index (χ1n) is 7.21. The fourth-order valence-electron chi connectivity index (χ4n) is 2.58. The van der Waals surface area contributed by atoms with Crippen LogP contribution >= 0.6 is 0 Å². The number of methoxy groups -OCH3 is 1. The van der Waals surface area contributed by atoms with Crippen LogP contribution in [0.4, 0.5) is 0 Å². The molecule has 0 amide bonds. The van der Waals surface area contributed by atoms with Crippen molar-refractivity contribution in [2.45, 2.75) is 45.2 Å². The summed E-state index contributed by atoms with van der Waals surface area (Å²) < 4.78 is 11.0. The quantitative estimate of drug-likeness (QED) is 0.885. The van der Waals surface area contributed by atoms with Gasteiger partial charge in [0.05, 0.1) is 13.2 Å². The van der Waals surface area contributed by atoms with Crippen LogP contribution in [0.2, 0.25) is 0 Å². The highest BCUT2D eigenvalue weighted by Crippen LogP contribution is 2.32. The van der Waals surface area contributed by atoms with Crippen molar-refractivity contribution in [3.05, 3.63) is 29.3 Å². The summed E-state index contributed by atoms with van der Waals surface area (Å²) in [7, 11) is 1.75. The Labute approximate surface area is 116 Å². The molecule has 1 aliphatic heterocycles. The molecule has 1 heterocycles. The molecule has 0 aromatic heterocycles. The molecule has 1 aliphatic rings. The van der Waals surface area contributed by atoms with Crippen LogP contribution < -0.4 is 10.1 Å². The molecule has 19 heavy (non-hydrogen) atoms. The van der Waals surface area contributed by atoms with Crippen molar-refractivity contribution in [2.75, 3.05) is 20.3 Å². The molecule has 3 heteroatoms. The number of benzene rings is 1. The zero-order chi connectivity index (χ0) is 13.7. The lowest BCUT2D eigenvalue weighted by molar-refractivity contribution is 0.202. The predicted octanol–water partition coefficient (Wildman–Crippen LogP) is 3.09. The first kappa shape index (κ1) is 14.4. The SMILES string of the molecule is COCCc1ccc2c(c1)C(NC(C)C)CCCO2. The molecule has 0 aliphatic carbocycles. The third-order valence-electron chi connectivity index (χ3n) is 3.47. The summed E-state index contributed by atoms with van der Waals surface area (Å²) in [5, 5.41) is 3.65. The third kappa shape index (κ3) is 3.95. The summed E-state index contributed by atoms with van der Waals surface area (Å²) in [6, 6.07) is 7.43. The Bertz CT molecular complexity index is 404. The number of hydrogen-bond acceptors (Lipinski definition) is 3. The van der Waals surface area contributed by atoms with E-state index in [9.17, 15) is 0 Å². The average Bonchev–Trinajstić information content (AvgIpc) is 2.58. The van der Waals surface area contributed by atoms with Gasteiger partial charge < -0.3 is 14.8 Å². The molecule has 106 valence electrons. The smallest absolute Gasteiger partial charge is 0.124 e. The summed E-state index contributed by atoms with van der Waals surface area (Å²) in [5.74, 6) is 1.04. The Morgan fingerprint density at radius 3 is 3.00 bits per heavy atom. The fraction of sp³-hybridized carbons (Fsp3) is 0.625. The Balaban J connectivity index is 2.22. The van der Waals surface area contributed by atoms with E-state index in [0.717, 1.165) is 38.2 Å². The average molecular weight is 263 g/mol. The van der Waals surface area contributed by atoms with Gasteiger partial charge in [-0.2, -0.15) is 0 Å². The summed E-state index contributed by atoms with van der Waals surface area (Å²) in [4.78, 5) is 0. The lowest BCUT2D eigenvalue weighted by Crippen LogP contribution is -2.28. The molecule has 0 spiro atoms. The number of rotatable bonds is 5. The highest BCUT2D eigenvalue weighted by Gasteiger charge is 2.20. The minimum Gasteiger partial charge on any atom is -0.493 e. The van der Waals surface area contributed by atoms with Gasteiger partial charge in [-0.1, -0.05) is 26.0 Å². The van der Waals surface area contributed by atoms with Gasteiger partial charge >= 0.3 is 0 Å². The summed E-state index contributed by atoms with van der Waals surface area (Å²) in [6.07, 6.45) is 3.20. The zero-order valence-corrected chi connectivity index (χ0v) is 12.2. The first-order valence-corrected chi connectivity index (χ1v) is 7.21. The van der Waals surface area contributed by atoms with Crippen molar-refractivity contribution >= 4 is 0 Å². The third-order valence-corrected chi connectivity index (χ3v) is 3.47. The van der Waals surface area contributed by atoms with E-state index in [1.165, 1.54) is 11.1 Å². The molecule has 1 aromatic rings. The van der Waals surface area contributed by atoms with E-state index in [-0.39, 0.29) is 0 Å². The normalized spacial score (nSPS) is 18.8. The maximum absolute atomic E-state index is 5.85. The van der Waals surface area contributed by atoms with Gasteiger partial charge in [-0.25, -0.2) is 0 Å². The fourth-order valence-corrected chi connectivity index (χ4v) is 2.58. The summed E-state index contributed by atoms with van der Waals surface area (Å²) >= 11 is 0. The molecule has 1 atom stereocenters. The van der Waals surface area contributed by atoms with Crippen molar-refractivity contribution in [2.24, 2.45) is 0 Å². The molecule has 0 bridgehead atoms. The van der Waals surface area contributed by atoms with E-state index >= 15 is 0 Å². The first-order chi connectivity index (χ1) is 9.20. The van der Waals surface area contributed by atoms with Gasteiger partial charge in [0, 0.05) is 24.8 Å². The highest BCUT2D eigenvalue weighted by molar-refractivity contribution is 5.40. The predicted molar refractivity (Wildman–Crippen MR) is 77.8 cm³/mol. The molecule has 2 rings (SSSR count). The van der Waals surface area contributed by atoms with Crippen LogP contribution in [0.1, 0.15) is 43.9 Å². The van der Waals surface area contributed by atoms with E-state index in [0.29, 0.717) is 12.1 Å². The largest absolute Gasteiger partial charge is 0.493 e. The van der Waals surface area contributed by atoms with Crippen molar-refractivity contribution in [1.82, 2.24) is 5.32 Å². The van der Waals surface area contributed by atoms with Crippen molar-refractivity contribution < 1.29 is 9.47 Å². The Morgan fingerprint density at radius 1 is 1.42 bits per heavy atom. The molecule has 1 aromatic carbocycles.